The van der Waals surface area contributed by atoms with Crippen LogP contribution in [0.15, 0.2) is 60.7 Å². The molecular weight excluding hydrogens is 340 g/mol. The van der Waals surface area contributed by atoms with Crippen LogP contribution in [0.2, 0.25) is 0 Å². The van der Waals surface area contributed by atoms with Crippen LogP contribution in [0.1, 0.15) is 38.3 Å². The number of carbonyl (C=O) groups is 2. The molecule has 0 aromatic heterocycles. The van der Waals surface area contributed by atoms with Gasteiger partial charge in [-0.15, -0.1) is 0 Å². The van der Waals surface area contributed by atoms with E-state index in [4.69, 9.17) is 4.74 Å². The van der Waals surface area contributed by atoms with Crippen molar-refractivity contribution >= 4 is 12.0 Å². The van der Waals surface area contributed by atoms with Crippen LogP contribution in [0.5, 0.6) is 0 Å². The molecule has 2 aromatic carbocycles. The third-order valence-electron chi connectivity index (χ3n) is 4.36. The van der Waals surface area contributed by atoms with Gasteiger partial charge in [0.15, 0.2) is 0 Å². The molecule has 0 aliphatic carbocycles. The van der Waals surface area contributed by atoms with Crippen molar-refractivity contribution in [2.75, 3.05) is 0 Å². The largest absolute Gasteiger partial charge is 0.445 e. The lowest BCUT2D eigenvalue weighted by molar-refractivity contribution is -0.128. The highest BCUT2D eigenvalue weighted by Crippen LogP contribution is 2.19. The van der Waals surface area contributed by atoms with Gasteiger partial charge in [0, 0.05) is 12.5 Å². The van der Waals surface area contributed by atoms with Crippen LogP contribution in [0.3, 0.4) is 0 Å². The second-order valence-corrected chi connectivity index (χ2v) is 6.91. The number of carbonyl (C=O) groups excluding carboxylic acids is 2. The summed E-state index contributed by atoms with van der Waals surface area (Å²) in [6.07, 6.45) is 0.236. The van der Waals surface area contributed by atoms with E-state index in [0.29, 0.717) is 12.8 Å². The Morgan fingerprint density at radius 1 is 0.963 bits per heavy atom. The van der Waals surface area contributed by atoms with Gasteiger partial charge in [0.2, 0.25) is 5.91 Å². The lowest BCUT2D eigenvalue weighted by atomic mass is 9.87. The zero-order chi connectivity index (χ0) is 19.7. The number of alkyl carbamates (subject to hydrolysis) is 1. The third-order valence-corrected chi connectivity index (χ3v) is 4.36. The molecule has 2 aromatic rings. The Balaban J connectivity index is 2.14. The summed E-state index contributed by atoms with van der Waals surface area (Å²) in [6, 6.07) is 19.1. The fourth-order valence-electron chi connectivity index (χ4n) is 2.85. The molecule has 0 fully saturated rings. The van der Waals surface area contributed by atoms with Crippen molar-refractivity contribution in [3.8, 4) is 0 Å². The number of rotatable bonds is 8. The van der Waals surface area contributed by atoms with E-state index in [1.165, 1.54) is 0 Å². The molecule has 2 N–H and O–H groups in total. The first-order valence-corrected chi connectivity index (χ1v) is 9.29. The molecule has 2 rings (SSSR count). The molecule has 27 heavy (non-hydrogen) atoms. The standard InChI is InChI=1S/C22H28N2O3/c1-4-22(20(25)23-17(2)3,15-18-11-7-5-8-12-18)24-21(26)27-16-19-13-9-6-10-14-19/h5-14,17H,4,15-16H2,1-3H3,(H,23,25)(H,24,26)/t22-/m1/s1. The molecule has 2 amide bonds. The molecule has 5 nitrogen and oxygen atoms in total. The zero-order valence-electron chi connectivity index (χ0n) is 16.2. The Bertz CT molecular complexity index is 732. The molecule has 0 bridgehead atoms. The maximum absolute atomic E-state index is 12.9. The Morgan fingerprint density at radius 2 is 1.52 bits per heavy atom. The van der Waals surface area contributed by atoms with Crippen molar-refractivity contribution < 1.29 is 14.3 Å². The first-order chi connectivity index (χ1) is 12.9. The van der Waals surface area contributed by atoms with Gasteiger partial charge in [-0.2, -0.15) is 0 Å². The van der Waals surface area contributed by atoms with Crippen LogP contribution in [0, 0.1) is 0 Å². The smallest absolute Gasteiger partial charge is 0.408 e. The number of hydrogen-bond donors (Lipinski definition) is 2. The predicted molar refractivity (Wildman–Crippen MR) is 106 cm³/mol. The van der Waals surface area contributed by atoms with Crippen LogP contribution in [0.25, 0.3) is 0 Å². The maximum atomic E-state index is 12.9. The fourth-order valence-corrected chi connectivity index (χ4v) is 2.85. The molecule has 0 spiro atoms. The monoisotopic (exact) mass is 368 g/mol. The number of amides is 2. The van der Waals surface area contributed by atoms with Crippen molar-refractivity contribution in [1.82, 2.24) is 10.6 Å². The molecule has 1 atom stereocenters. The molecule has 0 aliphatic rings. The summed E-state index contributed by atoms with van der Waals surface area (Å²) < 4.78 is 5.35. The lowest BCUT2D eigenvalue weighted by Crippen LogP contribution is -2.60. The van der Waals surface area contributed by atoms with Crippen LogP contribution < -0.4 is 10.6 Å². The van der Waals surface area contributed by atoms with E-state index < -0.39 is 11.6 Å². The van der Waals surface area contributed by atoms with E-state index >= 15 is 0 Å². The first-order valence-electron chi connectivity index (χ1n) is 9.29. The second-order valence-electron chi connectivity index (χ2n) is 6.91. The van der Waals surface area contributed by atoms with Gasteiger partial charge in [-0.1, -0.05) is 67.6 Å². The normalized spacial score (nSPS) is 12.9. The third kappa shape index (κ3) is 6.13. The van der Waals surface area contributed by atoms with E-state index in [0.717, 1.165) is 11.1 Å². The average molecular weight is 368 g/mol. The van der Waals surface area contributed by atoms with E-state index in [2.05, 4.69) is 10.6 Å². The number of ether oxygens (including phenoxy) is 1. The van der Waals surface area contributed by atoms with Crippen LogP contribution in [-0.2, 0) is 22.6 Å². The number of nitrogens with one attached hydrogen (secondary N) is 2. The Hall–Kier alpha value is -2.82. The topological polar surface area (TPSA) is 67.4 Å². The van der Waals surface area contributed by atoms with Gasteiger partial charge in [-0.05, 0) is 31.4 Å². The molecular formula is C22H28N2O3. The summed E-state index contributed by atoms with van der Waals surface area (Å²) in [5.41, 5.74) is 0.797. The Morgan fingerprint density at radius 3 is 2.04 bits per heavy atom. The number of benzene rings is 2. The van der Waals surface area contributed by atoms with Gasteiger partial charge in [-0.25, -0.2) is 4.79 Å². The number of hydrogen-bond acceptors (Lipinski definition) is 3. The second kappa shape index (κ2) is 9.76. The van der Waals surface area contributed by atoms with E-state index in [9.17, 15) is 9.59 Å². The van der Waals surface area contributed by atoms with Gasteiger partial charge < -0.3 is 15.4 Å². The molecule has 5 heteroatoms. The summed E-state index contributed by atoms with van der Waals surface area (Å²) in [4.78, 5) is 25.4. The Labute approximate surface area is 161 Å². The van der Waals surface area contributed by atoms with Crippen molar-refractivity contribution in [2.24, 2.45) is 0 Å². The van der Waals surface area contributed by atoms with Crippen molar-refractivity contribution in [3.05, 3.63) is 71.8 Å². The highest BCUT2D eigenvalue weighted by atomic mass is 16.5. The predicted octanol–water partition coefficient (Wildman–Crippen LogP) is 3.83. The average Bonchev–Trinajstić information content (AvgIpc) is 2.67. The van der Waals surface area contributed by atoms with Crippen molar-refractivity contribution in [3.63, 3.8) is 0 Å². The fraction of sp³-hybridized carbons (Fsp3) is 0.364. The molecule has 144 valence electrons. The van der Waals surface area contributed by atoms with Crippen LogP contribution in [0.4, 0.5) is 4.79 Å². The molecule has 0 heterocycles. The minimum atomic E-state index is -1.07. The van der Waals surface area contributed by atoms with Gasteiger partial charge in [0.1, 0.15) is 12.1 Å². The summed E-state index contributed by atoms with van der Waals surface area (Å²) in [5, 5.41) is 5.76. The SMILES string of the molecule is CC[C@](Cc1ccccc1)(NC(=O)OCc1ccccc1)C(=O)NC(C)C. The zero-order valence-corrected chi connectivity index (χ0v) is 16.2. The summed E-state index contributed by atoms with van der Waals surface area (Å²) in [6.45, 7) is 5.84. The summed E-state index contributed by atoms with van der Waals surface area (Å²) >= 11 is 0. The summed E-state index contributed by atoms with van der Waals surface area (Å²) in [5.74, 6) is -0.208. The molecule has 0 radical (unpaired) electrons. The first kappa shape index (κ1) is 20.5. The van der Waals surface area contributed by atoms with E-state index in [-0.39, 0.29) is 18.6 Å². The highest BCUT2D eigenvalue weighted by molar-refractivity contribution is 5.90. The van der Waals surface area contributed by atoms with Gasteiger partial charge in [-0.3, -0.25) is 4.79 Å². The molecule has 0 saturated carbocycles. The molecule has 0 saturated heterocycles. The maximum Gasteiger partial charge on any atom is 0.408 e. The summed E-state index contributed by atoms with van der Waals surface area (Å²) in [7, 11) is 0. The Kier molecular flexibility index (Phi) is 7.41. The highest BCUT2D eigenvalue weighted by Gasteiger charge is 2.39. The molecule has 0 unspecified atom stereocenters. The minimum absolute atomic E-state index is 0.0265. The minimum Gasteiger partial charge on any atom is -0.445 e. The van der Waals surface area contributed by atoms with Gasteiger partial charge in [0.05, 0.1) is 0 Å². The lowest BCUT2D eigenvalue weighted by Gasteiger charge is -2.33. The van der Waals surface area contributed by atoms with Gasteiger partial charge in [0.25, 0.3) is 0 Å². The molecule has 0 aliphatic heterocycles. The van der Waals surface area contributed by atoms with Crippen molar-refractivity contribution in [1.29, 1.82) is 0 Å². The van der Waals surface area contributed by atoms with Crippen LogP contribution >= 0.6 is 0 Å². The van der Waals surface area contributed by atoms with Crippen LogP contribution in [-0.4, -0.2) is 23.6 Å². The quantitative estimate of drug-likeness (QED) is 0.744. The van der Waals surface area contributed by atoms with E-state index in [1.807, 2.05) is 81.4 Å². The van der Waals surface area contributed by atoms with Crippen molar-refractivity contribution in [2.45, 2.75) is 51.8 Å². The van der Waals surface area contributed by atoms with Gasteiger partial charge >= 0.3 is 6.09 Å². The van der Waals surface area contributed by atoms with E-state index in [1.54, 1.807) is 0 Å².